The van der Waals surface area contributed by atoms with Crippen LogP contribution in [0.25, 0.3) is 11.1 Å². The molecule has 0 fully saturated rings. The SMILES string of the molecule is C=CCc1cc(-c2ccc(OC(C)(C)C)c(CC=C)c2)ccc1OC(=O)C(C)(C)C. The van der Waals surface area contributed by atoms with E-state index in [1.165, 1.54) is 0 Å². The third-order valence-electron chi connectivity index (χ3n) is 4.41. The Morgan fingerprint density at radius 3 is 1.73 bits per heavy atom. The van der Waals surface area contributed by atoms with Gasteiger partial charge >= 0.3 is 5.97 Å². The first-order valence-electron chi connectivity index (χ1n) is 10.3. The number of esters is 1. The minimum atomic E-state index is -0.563. The van der Waals surface area contributed by atoms with Crippen LogP contribution in [0.15, 0.2) is 61.7 Å². The zero-order valence-electron chi connectivity index (χ0n) is 19.2. The molecule has 0 saturated heterocycles. The molecule has 0 amide bonds. The summed E-state index contributed by atoms with van der Waals surface area (Å²) in [6.45, 7) is 19.4. The molecule has 0 aromatic heterocycles. The van der Waals surface area contributed by atoms with Gasteiger partial charge in [-0.05, 0) is 101 Å². The molecule has 0 saturated carbocycles. The number of allylic oxidation sites excluding steroid dienone is 2. The van der Waals surface area contributed by atoms with Crippen LogP contribution in [0.1, 0.15) is 52.7 Å². The van der Waals surface area contributed by atoms with E-state index in [9.17, 15) is 4.79 Å². The largest absolute Gasteiger partial charge is 0.488 e. The average molecular weight is 407 g/mol. The molecule has 3 heteroatoms. The fourth-order valence-electron chi connectivity index (χ4n) is 2.93. The second kappa shape index (κ2) is 9.34. The summed E-state index contributed by atoms with van der Waals surface area (Å²) < 4.78 is 11.8. The Labute approximate surface area is 181 Å². The Hall–Kier alpha value is -2.81. The van der Waals surface area contributed by atoms with Gasteiger partial charge in [0.25, 0.3) is 0 Å². The van der Waals surface area contributed by atoms with Gasteiger partial charge in [-0.3, -0.25) is 4.79 Å². The van der Waals surface area contributed by atoms with Gasteiger partial charge in [0.1, 0.15) is 17.1 Å². The third-order valence-corrected chi connectivity index (χ3v) is 4.41. The highest BCUT2D eigenvalue weighted by molar-refractivity contribution is 5.78. The van der Waals surface area contributed by atoms with Crippen molar-refractivity contribution in [3.8, 4) is 22.6 Å². The van der Waals surface area contributed by atoms with E-state index in [1.54, 1.807) is 0 Å². The van der Waals surface area contributed by atoms with Gasteiger partial charge in [0.05, 0.1) is 5.41 Å². The van der Waals surface area contributed by atoms with Crippen molar-refractivity contribution < 1.29 is 14.3 Å². The maximum absolute atomic E-state index is 12.3. The molecule has 0 bridgehead atoms. The maximum Gasteiger partial charge on any atom is 0.316 e. The smallest absolute Gasteiger partial charge is 0.316 e. The average Bonchev–Trinajstić information content (AvgIpc) is 2.63. The van der Waals surface area contributed by atoms with Gasteiger partial charge in [-0.2, -0.15) is 0 Å². The Bertz CT molecular complexity index is 924. The molecule has 0 radical (unpaired) electrons. The van der Waals surface area contributed by atoms with Gasteiger partial charge in [-0.15, -0.1) is 13.2 Å². The van der Waals surface area contributed by atoms with Crippen LogP contribution in [0.3, 0.4) is 0 Å². The molecule has 0 heterocycles. The molecule has 0 N–H and O–H groups in total. The number of carbonyl (C=O) groups excluding carboxylic acids is 1. The number of benzene rings is 2. The summed E-state index contributed by atoms with van der Waals surface area (Å²) in [5.74, 6) is 1.20. The van der Waals surface area contributed by atoms with Crippen molar-refractivity contribution in [2.45, 2.75) is 60.0 Å². The molecular weight excluding hydrogens is 372 g/mol. The predicted molar refractivity (Wildman–Crippen MR) is 125 cm³/mol. The van der Waals surface area contributed by atoms with Gasteiger partial charge in [0.2, 0.25) is 0 Å². The second-order valence-corrected chi connectivity index (χ2v) is 9.48. The zero-order chi connectivity index (χ0) is 22.5. The lowest BCUT2D eigenvalue weighted by Crippen LogP contribution is -2.26. The van der Waals surface area contributed by atoms with E-state index in [1.807, 2.05) is 71.9 Å². The predicted octanol–water partition coefficient (Wildman–Crippen LogP) is 6.94. The molecule has 0 aliphatic rings. The van der Waals surface area contributed by atoms with Crippen LogP contribution in [0.2, 0.25) is 0 Å². The molecule has 2 rings (SSSR count). The molecule has 0 spiro atoms. The van der Waals surface area contributed by atoms with Crippen LogP contribution < -0.4 is 9.47 Å². The van der Waals surface area contributed by atoms with Crippen LogP contribution in [0, 0.1) is 5.41 Å². The highest BCUT2D eigenvalue weighted by Crippen LogP contribution is 2.33. The minimum Gasteiger partial charge on any atom is -0.488 e. The summed E-state index contributed by atoms with van der Waals surface area (Å²) in [5, 5.41) is 0. The van der Waals surface area contributed by atoms with E-state index in [0.717, 1.165) is 34.4 Å². The van der Waals surface area contributed by atoms with E-state index in [0.29, 0.717) is 12.2 Å². The Morgan fingerprint density at radius 1 is 0.833 bits per heavy atom. The summed E-state index contributed by atoms with van der Waals surface area (Å²) >= 11 is 0. The van der Waals surface area contributed by atoms with Crippen molar-refractivity contribution in [2.75, 3.05) is 0 Å². The van der Waals surface area contributed by atoms with Crippen molar-refractivity contribution in [1.82, 2.24) is 0 Å². The van der Waals surface area contributed by atoms with Gasteiger partial charge < -0.3 is 9.47 Å². The van der Waals surface area contributed by atoms with Gasteiger partial charge in [0.15, 0.2) is 0 Å². The quantitative estimate of drug-likeness (QED) is 0.284. The number of hydrogen-bond acceptors (Lipinski definition) is 3. The number of ether oxygens (including phenoxy) is 2. The molecule has 160 valence electrons. The normalized spacial score (nSPS) is 11.7. The lowest BCUT2D eigenvalue weighted by atomic mass is 9.96. The number of carbonyl (C=O) groups is 1. The Kier molecular flexibility index (Phi) is 7.30. The summed E-state index contributed by atoms with van der Waals surface area (Å²) in [4.78, 5) is 12.3. The maximum atomic E-state index is 12.3. The number of hydrogen-bond donors (Lipinski definition) is 0. The standard InChI is InChI=1S/C27H34O3/c1-9-11-21-17-19(13-15-23(21)29-25(28)26(3,4)5)20-14-16-24(30-27(6,7)8)22(18-20)12-10-2/h9-10,13-18H,1-2,11-12H2,3-8H3. The Balaban J connectivity index is 2.44. The highest BCUT2D eigenvalue weighted by atomic mass is 16.5. The van der Waals surface area contributed by atoms with E-state index in [4.69, 9.17) is 9.47 Å². The van der Waals surface area contributed by atoms with Crippen LogP contribution >= 0.6 is 0 Å². The molecule has 2 aromatic carbocycles. The summed E-state index contributed by atoms with van der Waals surface area (Å²) in [7, 11) is 0. The van der Waals surface area contributed by atoms with E-state index < -0.39 is 5.41 Å². The summed E-state index contributed by atoms with van der Waals surface area (Å²) in [6.07, 6.45) is 5.04. The topological polar surface area (TPSA) is 35.5 Å². The van der Waals surface area contributed by atoms with Gasteiger partial charge in [-0.25, -0.2) is 0 Å². The molecule has 0 aliphatic carbocycles. The third kappa shape index (κ3) is 6.35. The van der Waals surface area contributed by atoms with Crippen molar-refractivity contribution in [2.24, 2.45) is 5.41 Å². The molecule has 30 heavy (non-hydrogen) atoms. The van der Waals surface area contributed by atoms with Crippen molar-refractivity contribution in [3.05, 3.63) is 72.8 Å². The van der Waals surface area contributed by atoms with Crippen LogP contribution in [-0.2, 0) is 17.6 Å². The molecule has 3 nitrogen and oxygen atoms in total. The molecular formula is C27H34O3. The fourth-order valence-corrected chi connectivity index (χ4v) is 2.93. The van der Waals surface area contributed by atoms with Crippen molar-refractivity contribution in [1.29, 1.82) is 0 Å². The fraction of sp³-hybridized carbons (Fsp3) is 0.370. The van der Waals surface area contributed by atoms with Crippen molar-refractivity contribution >= 4 is 5.97 Å². The molecule has 0 unspecified atom stereocenters. The number of rotatable bonds is 7. The summed E-state index contributed by atoms with van der Waals surface area (Å²) in [6, 6.07) is 12.1. The minimum absolute atomic E-state index is 0.252. The van der Waals surface area contributed by atoms with Crippen LogP contribution in [0.5, 0.6) is 11.5 Å². The first kappa shape index (κ1) is 23.5. The van der Waals surface area contributed by atoms with Crippen LogP contribution in [0.4, 0.5) is 0 Å². The second-order valence-electron chi connectivity index (χ2n) is 9.48. The first-order chi connectivity index (χ1) is 13.9. The van der Waals surface area contributed by atoms with Gasteiger partial charge in [-0.1, -0.05) is 24.3 Å². The van der Waals surface area contributed by atoms with Crippen LogP contribution in [-0.4, -0.2) is 11.6 Å². The van der Waals surface area contributed by atoms with Crippen molar-refractivity contribution in [3.63, 3.8) is 0 Å². The zero-order valence-corrected chi connectivity index (χ0v) is 19.2. The molecule has 0 atom stereocenters. The van der Waals surface area contributed by atoms with Gasteiger partial charge in [0, 0.05) is 0 Å². The van der Waals surface area contributed by atoms with E-state index in [-0.39, 0.29) is 11.6 Å². The van der Waals surface area contributed by atoms with E-state index >= 15 is 0 Å². The summed E-state index contributed by atoms with van der Waals surface area (Å²) in [5.41, 5.74) is 3.31. The van der Waals surface area contributed by atoms with E-state index in [2.05, 4.69) is 31.4 Å². The Morgan fingerprint density at radius 2 is 1.30 bits per heavy atom. The monoisotopic (exact) mass is 406 g/mol. The molecule has 2 aromatic rings. The highest BCUT2D eigenvalue weighted by Gasteiger charge is 2.24. The lowest BCUT2D eigenvalue weighted by molar-refractivity contribution is -0.143. The lowest BCUT2D eigenvalue weighted by Gasteiger charge is -2.23. The molecule has 0 aliphatic heterocycles. The first-order valence-corrected chi connectivity index (χ1v) is 10.3.